The molecular formula is C18H21FN2O4S. The third kappa shape index (κ3) is 4.51. The van der Waals surface area contributed by atoms with E-state index in [1.807, 2.05) is 0 Å². The first-order valence-corrected chi connectivity index (χ1v) is 9.81. The second-order valence-electron chi connectivity index (χ2n) is 5.65. The standard InChI is InChI=1S/C18H21FN2O4S/c1-4-16(18(22)20-13-9-11-14(25-2)12-10-13)21(26(3,23)24)17-8-6-5-7-15(17)19/h5-12,16H,4H2,1-3H3,(H,20,22)/t16-/m1/s1. The van der Waals surface area contributed by atoms with Gasteiger partial charge in [-0.1, -0.05) is 19.1 Å². The molecule has 2 aromatic rings. The van der Waals surface area contributed by atoms with Crippen molar-refractivity contribution in [2.24, 2.45) is 0 Å². The molecule has 0 saturated carbocycles. The highest BCUT2D eigenvalue weighted by Crippen LogP contribution is 2.26. The van der Waals surface area contributed by atoms with Gasteiger partial charge in [0.2, 0.25) is 15.9 Å². The number of hydrogen-bond acceptors (Lipinski definition) is 4. The molecule has 0 heterocycles. The molecular weight excluding hydrogens is 359 g/mol. The molecule has 1 N–H and O–H groups in total. The van der Waals surface area contributed by atoms with Gasteiger partial charge < -0.3 is 10.1 Å². The Kier molecular flexibility index (Phi) is 6.20. The topological polar surface area (TPSA) is 75.7 Å². The molecule has 0 spiro atoms. The van der Waals surface area contributed by atoms with Crippen LogP contribution in [-0.2, 0) is 14.8 Å². The summed E-state index contributed by atoms with van der Waals surface area (Å²) in [5.74, 6) is -0.640. The fraction of sp³-hybridized carbons (Fsp3) is 0.278. The number of para-hydroxylation sites is 1. The van der Waals surface area contributed by atoms with Gasteiger partial charge >= 0.3 is 0 Å². The van der Waals surface area contributed by atoms with E-state index < -0.39 is 27.8 Å². The number of hydrogen-bond donors (Lipinski definition) is 1. The number of ether oxygens (including phenoxy) is 1. The maximum absolute atomic E-state index is 14.2. The Morgan fingerprint density at radius 3 is 2.31 bits per heavy atom. The van der Waals surface area contributed by atoms with Gasteiger partial charge in [-0.05, 0) is 42.8 Å². The number of sulfonamides is 1. The van der Waals surface area contributed by atoms with E-state index in [9.17, 15) is 17.6 Å². The minimum atomic E-state index is -3.89. The van der Waals surface area contributed by atoms with Crippen molar-refractivity contribution in [3.8, 4) is 5.75 Å². The van der Waals surface area contributed by atoms with Gasteiger partial charge in [0.15, 0.2) is 0 Å². The third-order valence-electron chi connectivity index (χ3n) is 3.78. The summed E-state index contributed by atoms with van der Waals surface area (Å²) < 4.78 is 44.6. The average molecular weight is 380 g/mol. The minimum absolute atomic E-state index is 0.160. The number of halogens is 1. The van der Waals surface area contributed by atoms with E-state index in [-0.39, 0.29) is 12.1 Å². The van der Waals surface area contributed by atoms with Crippen LogP contribution in [0.25, 0.3) is 0 Å². The van der Waals surface area contributed by atoms with Crippen LogP contribution in [0.1, 0.15) is 13.3 Å². The molecule has 1 amide bonds. The van der Waals surface area contributed by atoms with Gasteiger partial charge in [-0.3, -0.25) is 9.10 Å². The van der Waals surface area contributed by atoms with Crippen LogP contribution < -0.4 is 14.4 Å². The first-order chi connectivity index (χ1) is 12.3. The summed E-state index contributed by atoms with van der Waals surface area (Å²) in [5.41, 5.74) is 0.322. The number of anilines is 2. The van der Waals surface area contributed by atoms with Crippen LogP contribution in [0.15, 0.2) is 48.5 Å². The van der Waals surface area contributed by atoms with Gasteiger partial charge in [0, 0.05) is 5.69 Å². The number of carbonyl (C=O) groups excluding carboxylic acids is 1. The molecule has 0 aromatic heterocycles. The molecule has 0 aliphatic rings. The first kappa shape index (κ1) is 19.7. The molecule has 0 bridgehead atoms. The van der Waals surface area contributed by atoms with Crippen molar-refractivity contribution >= 4 is 27.3 Å². The second kappa shape index (κ2) is 8.18. The zero-order valence-electron chi connectivity index (χ0n) is 14.8. The second-order valence-corrected chi connectivity index (χ2v) is 7.51. The highest BCUT2D eigenvalue weighted by molar-refractivity contribution is 7.92. The lowest BCUT2D eigenvalue weighted by molar-refractivity contribution is -0.117. The van der Waals surface area contributed by atoms with Gasteiger partial charge in [-0.15, -0.1) is 0 Å². The highest BCUT2D eigenvalue weighted by Gasteiger charge is 2.33. The van der Waals surface area contributed by atoms with E-state index in [0.29, 0.717) is 11.4 Å². The molecule has 0 aliphatic heterocycles. The molecule has 26 heavy (non-hydrogen) atoms. The van der Waals surface area contributed by atoms with Crippen molar-refractivity contribution in [2.45, 2.75) is 19.4 Å². The fourth-order valence-electron chi connectivity index (χ4n) is 2.57. The third-order valence-corrected chi connectivity index (χ3v) is 4.94. The van der Waals surface area contributed by atoms with Crippen LogP contribution in [0.4, 0.5) is 15.8 Å². The lowest BCUT2D eigenvalue weighted by Crippen LogP contribution is -2.47. The smallest absolute Gasteiger partial charge is 0.248 e. The van der Waals surface area contributed by atoms with Gasteiger partial charge in [-0.25, -0.2) is 12.8 Å². The van der Waals surface area contributed by atoms with Crippen molar-refractivity contribution in [3.05, 3.63) is 54.3 Å². The van der Waals surface area contributed by atoms with Crippen LogP contribution in [-0.4, -0.2) is 33.7 Å². The number of amides is 1. The predicted octanol–water partition coefficient (Wildman–Crippen LogP) is 3.02. The molecule has 0 aliphatic carbocycles. The summed E-state index contributed by atoms with van der Waals surface area (Å²) in [5, 5.41) is 2.66. The number of nitrogens with zero attached hydrogens (tertiary/aromatic N) is 1. The zero-order valence-corrected chi connectivity index (χ0v) is 15.6. The largest absolute Gasteiger partial charge is 0.497 e. The Labute approximate surface area is 152 Å². The number of methoxy groups -OCH3 is 1. The van der Waals surface area contributed by atoms with E-state index in [2.05, 4.69) is 5.32 Å². The lowest BCUT2D eigenvalue weighted by atomic mass is 10.1. The average Bonchev–Trinajstić information content (AvgIpc) is 2.60. The molecule has 2 aromatic carbocycles. The number of nitrogens with one attached hydrogen (secondary N) is 1. The van der Waals surface area contributed by atoms with Crippen molar-refractivity contribution in [3.63, 3.8) is 0 Å². The molecule has 1 atom stereocenters. The first-order valence-electron chi connectivity index (χ1n) is 7.96. The lowest BCUT2D eigenvalue weighted by Gasteiger charge is -2.30. The monoisotopic (exact) mass is 380 g/mol. The van der Waals surface area contributed by atoms with Crippen molar-refractivity contribution < 1.29 is 22.3 Å². The molecule has 8 heteroatoms. The normalized spacial score (nSPS) is 12.3. The quantitative estimate of drug-likeness (QED) is 0.801. The van der Waals surface area contributed by atoms with Crippen LogP contribution >= 0.6 is 0 Å². The highest BCUT2D eigenvalue weighted by atomic mass is 32.2. The maximum atomic E-state index is 14.2. The number of carbonyl (C=O) groups is 1. The van der Waals surface area contributed by atoms with Gasteiger partial charge in [0.25, 0.3) is 0 Å². The SMILES string of the molecule is CC[C@H](C(=O)Nc1ccc(OC)cc1)N(c1ccccc1F)S(C)(=O)=O. The van der Waals surface area contributed by atoms with E-state index in [4.69, 9.17) is 4.74 Å². The molecule has 0 fully saturated rings. The minimum Gasteiger partial charge on any atom is -0.497 e. The molecule has 6 nitrogen and oxygen atoms in total. The Morgan fingerprint density at radius 2 is 1.81 bits per heavy atom. The van der Waals surface area contributed by atoms with Crippen molar-refractivity contribution in [1.29, 1.82) is 0 Å². The Morgan fingerprint density at radius 1 is 1.19 bits per heavy atom. The number of benzene rings is 2. The van der Waals surface area contributed by atoms with Crippen LogP contribution in [0, 0.1) is 5.82 Å². The summed E-state index contributed by atoms with van der Waals surface area (Å²) in [6.45, 7) is 1.66. The van der Waals surface area contributed by atoms with Gasteiger partial charge in [0.05, 0.1) is 19.1 Å². The predicted molar refractivity (Wildman–Crippen MR) is 99.4 cm³/mol. The van der Waals surface area contributed by atoms with Gasteiger partial charge in [0.1, 0.15) is 17.6 Å². The van der Waals surface area contributed by atoms with E-state index in [1.165, 1.54) is 25.3 Å². The molecule has 140 valence electrons. The molecule has 2 rings (SSSR count). The Bertz CT molecular complexity index is 869. The maximum Gasteiger partial charge on any atom is 0.248 e. The summed E-state index contributed by atoms with van der Waals surface area (Å²) in [6.07, 6.45) is 1.12. The fourth-order valence-corrected chi connectivity index (χ4v) is 3.78. The van der Waals surface area contributed by atoms with E-state index in [0.717, 1.165) is 16.6 Å². The van der Waals surface area contributed by atoms with Crippen LogP contribution in [0.5, 0.6) is 5.75 Å². The zero-order chi connectivity index (χ0) is 19.3. The van der Waals surface area contributed by atoms with Crippen LogP contribution in [0.3, 0.4) is 0 Å². The Hall–Kier alpha value is -2.61. The van der Waals surface area contributed by atoms with E-state index in [1.54, 1.807) is 31.2 Å². The summed E-state index contributed by atoms with van der Waals surface area (Å²) in [6, 6.07) is 11.0. The summed E-state index contributed by atoms with van der Waals surface area (Å²) >= 11 is 0. The van der Waals surface area contributed by atoms with Crippen molar-refractivity contribution in [2.75, 3.05) is 23.0 Å². The molecule has 0 unspecified atom stereocenters. The van der Waals surface area contributed by atoms with Gasteiger partial charge in [-0.2, -0.15) is 0 Å². The summed E-state index contributed by atoms with van der Waals surface area (Å²) in [7, 11) is -2.36. The van der Waals surface area contributed by atoms with Crippen molar-refractivity contribution in [1.82, 2.24) is 0 Å². The van der Waals surface area contributed by atoms with Crippen LogP contribution in [0.2, 0.25) is 0 Å². The summed E-state index contributed by atoms with van der Waals surface area (Å²) in [4.78, 5) is 12.7. The number of rotatable bonds is 7. The molecule has 0 saturated heterocycles. The Balaban J connectivity index is 2.35. The molecule has 0 radical (unpaired) electrons. The van der Waals surface area contributed by atoms with E-state index >= 15 is 0 Å².